The molecule has 0 bridgehead atoms. The van der Waals surface area contributed by atoms with Gasteiger partial charge >= 0.3 is 5.82 Å². The van der Waals surface area contributed by atoms with Gasteiger partial charge in [-0.1, -0.05) is 19.1 Å². The van der Waals surface area contributed by atoms with Crippen molar-refractivity contribution in [2.24, 2.45) is 0 Å². The second-order valence-electron chi connectivity index (χ2n) is 7.15. The minimum absolute atomic E-state index is 0.157. The molecule has 0 saturated carbocycles. The third-order valence-electron chi connectivity index (χ3n) is 4.68. The third kappa shape index (κ3) is 5.06. The zero-order valence-electron chi connectivity index (χ0n) is 17.6. The largest absolute Gasteiger partial charge is 0.457 e. The second kappa shape index (κ2) is 9.25. The number of ether oxygens (including phenoxy) is 1. The number of nitro groups is 2. The van der Waals surface area contributed by atoms with Crippen LogP contribution in [0.3, 0.4) is 0 Å². The molecule has 32 heavy (non-hydrogen) atoms. The molecule has 3 rings (SSSR count). The van der Waals surface area contributed by atoms with Gasteiger partial charge in [-0.15, -0.1) is 0 Å². The minimum atomic E-state index is -0.843. The van der Waals surface area contributed by atoms with Crippen molar-refractivity contribution < 1.29 is 19.4 Å². The monoisotopic (exact) mass is 439 g/mol. The first kappa shape index (κ1) is 22.4. The number of non-ortho nitro benzene ring substituents is 1. The lowest BCUT2D eigenvalue weighted by molar-refractivity contribution is -0.389. The predicted octanol–water partition coefficient (Wildman–Crippen LogP) is 4.70. The third-order valence-corrected chi connectivity index (χ3v) is 4.68. The van der Waals surface area contributed by atoms with Crippen LogP contribution in [0, 0.1) is 34.1 Å². The van der Waals surface area contributed by atoms with Crippen LogP contribution in [0.4, 0.5) is 17.2 Å². The van der Waals surface area contributed by atoms with Crippen LogP contribution >= 0.6 is 0 Å². The first-order valence-electron chi connectivity index (χ1n) is 9.73. The summed E-state index contributed by atoms with van der Waals surface area (Å²) in [4.78, 5) is 34.1. The Kier molecular flexibility index (Phi) is 6.47. The zero-order valence-corrected chi connectivity index (χ0v) is 17.6. The van der Waals surface area contributed by atoms with Crippen LogP contribution in [0.1, 0.15) is 30.6 Å². The Balaban J connectivity index is 1.89. The van der Waals surface area contributed by atoms with Crippen LogP contribution in [0.2, 0.25) is 0 Å². The van der Waals surface area contributed by atoms with Gasteiger partial charge < -0.3 is 20.2 Å². The number of hydrogen-bond acceptors (Lipinski definition) is 7. The number of nitrogens with zero attached hydrogens (tertiary/aromatic N) is 4. The number of rotatable bonds is 8. The fraction of sp³-hybridized carbons (Fsp3) is 0.238. The van der Waals surface area contributed by atoms with E-state index in [0.717, 1.165) is 5.56 Å². The first-order valence-corrected chi connectivity index (χ1v) is 9.73. The van der Waals surface area contributed by atoms with E-state index in [2.05, 4.69) is 10.4 Å². The van der Waals surface area contributed by atoms with Gasteiger partial charge in [0.05, 0.1) is 33.5 Å². The van der Waals surface area contributed by atoms with Crippen molar-refractivity contribution in [2.75, 3.05) is 5.32 Å². The second-order valence-corrected chi connectivity index (χ2v) is 7.15. The number of aryl methyl sites for hydroxylation is 2. The molecule has 11 heteroatoms. The topological polar surface area (TPSA) is 142 Å². The Hall–Kier alpha value is -4.28. The van der Waals surface area contributed by atoms with Gasteiger partial charge in [-0.3, -0.25) is 14.9 Å². The first-order chi connectivity index (χ1) is 15.2. The predicted molar refractivity (Wildman–Crippen MR) is 116 cm³/mol. The quantitative estimate of drug-likeness (QED) is 0.396. The summed E-state index contributed by atoms with van der Waals surface area (Å²) in [6.07, 6.45) is 0.299. The lowest BCUT2D eigenvalue weighted by atomic mass is 10.2. The standard InChI is InChI=1S/C21H21N5O6/c1-4-19(24-14(3)9-20(23-24)26(30)31)21(27)22-15-10-16(25(28)29)12-18(11-15)32-17-7-5-6-13(2)8-17/h5-12,19H,4H2,1-3H3,(H,22,27). The van der Waals surface area contributed by atoms with Crippen LogP contribution in [0.25, 0.3) is 0 Å². The highest BCUT2D eigenvalue weighted by atomic mass is 16.6. The molecule has 0 aliphatic rings. The smallest absolute Gasteiger partial charge is 0.390 e. The van der Waals surface area contributed by atoms with E-state index in [1.807, 2.05) is 13.0 Å². The highest BCUT2D eigenvalue weighted by Gasteiger charge is 2.27. The molecule has 0 fully saturated rings. The molecule has 1 unspecified atom stereocenters. The summed E-state index contributed by atoms with van der Waals surface area (Å²) >= 11 is 0. The van der Waals surface area contributed by atoms with Crippen LogP contribution in [-0.2, 0) is 4.79 Å². The fourth-order valence-corrected chi connectivity index (χ4v) is 3.21. The van der Waals surface area contributed by atoms with E-state index in [0.29, 0.717) is 17.9 Å². The summed E-state index contributed by atoms with van der Waals surface area (Å²) in [5.41, 5.74) is 1.30. The average molecular weight is 439 g/mol. The maximum Gasteiger partial charge on any atom is 0.390 e. The Morgan fingerprint density at radius 1 is 1.09 bits per heavy atom. The van der Waals surface area contributed by atoms with E-state index in [-0.39, 0.29) is 22.9 Å². The van der Waals surface area contributed by atoms with Gasteiger partial charge in [0.15, 0.2) is 6.04 Å². The average Bonchev–Trinajstić information content (AvgIpc) is 3.10. The number of anilines is 1. The van der Waals surface area contributed by atoms with Crippen molar-refractivity contribution in [1.82, 2.24) is 9.78 Å². The maximum absolute atomic E-state index is 12.9. The van der Waals surface area contributed by atoms with E-state index in [1.54, 1.807) is 32.0 Å². The number of nitrogens with one attached hydrogen (secondary N) is 1. The molecule has 11 nitrogen and oxygen atoms in total. The molecule has 166 valence electrons. The van der Waals surface area contributed by atoms with Crippen molar-refractivity contribution in [1.29, 1.82) is 0 Å². The Morgan fingerprint density at radius 3 is 2.44 bits per heavy atom. The molecular weight excluding hydrogens is 418 g/mol. The van der Waals surface area contributed by atoms with Gasteiger partial charge in [-0.2, -0.15) is 4.68 Å². The zero-order chi connectivity index (χ0) is 23.4. The van der Waals surface area contributed by atoms with Crippen LogP contribution in [0.15, 0.2) is 48.5 Å². The lowest BCUT2D eigenvalue weighted by Gasteiger charge is -2.15. The number of carbonyl (C=O) groups excluding carboxylic acids is 1. The van der Waals surface area contributed by atoms with Gasteiger partial charge in [0, 0.05) is 12.1 Å². The Bertz CT molecular complexity index is 1190. The SMILES string of the molecule is CCC(C(=O)Nc1cc(Oc2cccc(C)c2)cc([N+](=O)[O-])c1)n1nc([N+](=O)[O-])cc1C. The summed E-state index contributed by atoms with van der Waals surface area (Å²) in [6.45, 7) is 5.23. The molecule has 1 atom stereocenters. The van der Waals surface area contributed by atoms with Crippen LogP contribution in [0.5, 0.6) is 11.5 Å². The number of nitro benzene ring substituents is 1. The van der Waals surface area contributed by atoms with Gasteiger partial charge in [0.25, 0.3) is 11.6 Å². The van der Waals surface area contributed by atoms with E-state index in [4.69, 9.17) is 4.74 Å². The van der Waals surface area contributed by atoms with Crippen LogP contribution in [-0.4, -0.2) is 25.5 Å². The molecule has 1 heterocycles. The van der Waals surface area contributed by atoms with Crippen molar-refractivity contribution in [3.05, 3.63) is 80.0 Å². The van der Waals surface area contributed by atoms with Gasteiger partial charge in [0.1, 0.15) is 11.5 Å². The van der Waals surface area contributed by atoms with Crippen molar-refractivity contribution in [3.8, 4) is 11.5 Å². The number of aromatic nitrogens is 2. The summed E-state index contributed by atoms with van der Waals surface area (Å²) in [7, 11) is 0. The van der Waals surface area contributed by atoms with Crippen LogP contribution < -0.4 is 10.1 Å². The molecule has 0 radical (unpaired) electrons. The maximum atomic E-state index is 12.9. The van der Waals surface area contributed by atoms with Crippen molar-refractivity contribution in [3.63, 3.8) is 0 Å². The molecule has 1 N–H and O–H groups in total. The van der Waals surface area contributed by atoms with E-state index < -0.39 is 21.8 Å². The van der Waals surface area contributed by atoms with Gasteiger partial charge in [0.2, 0.25) is 0 Å². The highest BCUT2D eigenvalue weighted by molar-refractivity contribution is 5.94. The summed E-state index contributed by atoms with van der Waals surface area (Å²) in [5, 5.41) is 28.9. The molecule has 0 spiro atoms. The summed E-state index contributed by atoms with van der Waals surface area (Å²) in [6, 6.07) is 11.5. The van der Waals surface area contributed by atoms with E-state index in [9.17, 15) is 25.0 Å². The molecule has 0 aliphatic heterocycles. The normalized spacial score (nSPS) is 11.6. The number of carbonyl (C=O) groups is 1. The van der Waals surface area contributed by atoms with Crippen molar-refractivity contribution in [2.45, 2.75) is 33.2 Å². The number of hydrogen-bond donors (Lipinski definition) is 1. The van der Waals surface area contributed by atoms with E-state index in [1.165, 1.54) is 28.9 Å². The molecule has 1 aromatic heterocycles. The molecule has 0 aliphatic carbocycles. The Morgan fingerprint density at radius 2 is 1.84 bits per heavy atom. The highest BCUT2D eigenvalue weighted by Crippen LogP contribution is 2.31. The fourth-order valence-electron chi connectivity index (χ4n) is 3.21. The number of amides is 1. The summed E-state index contributed by atoms with van der Waals surface area (Å²) < 4.78 is 7.02. The van der Waals surface area contributed by atoms with Crippen molar-refractivity contribution >= 4 is 23.1 Å². The summed E-state index contributed by atoms with van der Waals surface area (Å²) in [5.74, 6) is -0.207. The van der Waals surface area contributed by atoms with Gasteiger partial charge in [-0.25, -0.2) is 0 Å². The molecular formula is C21H21N5O6. The molecule has 0 saturated heterocycles. The minimum Gasteiger partial charge on any atom is -0.457 e. The number of benzene rings is 2. The molecule has 2 aromatic carbocycles. The van der Waals surface area contributed by atoms with Gasteiger partial charge in [-0.05, 0) is 42.9 Å². The lowest BCUT2D eigenvalue weighted by Crippen LogP contribution is -2.27. The molecule has 1 amide bonds. The molecule has 3 aromatic rings. The van der Waals surface area contributed by atoms with E-state index >= 15 is 0 Å². The Labute approximate surface area is 182 Å².